The van der Waals surface area contributed by atoms with Crippen molar-refractivity contribution in [3.8, 4) is 11.3 Å². The molecule has 1 amide bonds. The molecule has 0 fully saturated rings. The third kappa shape index (κ3) is 5.89. The first-order valence-electron chi connectivity index (χ1n) is 8.32. The summed E-state index contributed by atoms with van der Waals surface area (Å²) in [6, 6.07) is 14.2. The molecular weight excluding hydrogens is 383 g/mol. The Labute approximate surface area is 165 Å². The predicted molar refractivity (Wildman–Crippen MR) is 107 cm³/mol. The predicted octanol–water partition coefficient (Wildman–Crippen LogP) is 4.50. The molecule has 0 unspecified atom stereocenters. The number of carbonyl (C=O) groups excluding carboxylic acids is 1. The second-order valence-electron chi connectivity index (χ2n) is 5.82. The van der Waals surface area contributed by atoms with E-state index in [0.717, 1.165) is 26.7 Å². The molecule has 0 aliphatic rings. The van der Waals surface area contributed by atoms with Crippen LogP contribution in [0, 0.1) is 5.82 Å². The van der Waals surface area contributed by atoms with Gasteiger partial charge in [-0.1, -0.05) is 36.0 Å². The molecule has 7 heteroatoms. The molecule has 1 aromatic heterocycles. The minimum atomic E-state index is -0.270. The highest BCUT2D eigenvalue weighted by Crippen LogP contribution is 2.28. The maximum absolute atomic E-state index is 13.0. The van der Waals surface area contributed by atoms with Gasteiger partial charge in [-0.3, -0.25) is 4.79 Å². The first-order chi connectivity index (χ1) is 13.1. The lowest BCUT2D eigenvalue weighted by molar-refractivity contribution is -0.118. The molecule has 4 nitrogen and oxygen atoms in total. The van der Waals surface area contributed by atoms with E-state index in [1.807, 2.05) is 29.6 Å². The summed E-state index contributed by atoms with van der Waals surface area (Å²) in [7, 11) is 1.66. The molecule has 1 N–H and O–H groups in total. The summed E-state index contributed by atoms with van der Waals surface area (Å²) in [6.07, 6.45) is 0. The van der Waals surface area contributed by atoms with Crippen LogP contribution >= 0.6 is 23.1 Å². The van der Waals surface area contributed by atoms with Gasteiger partial charge >= 0.3 is 0 Å². The first kappa shape index (κ1) is 19.5. The highest BCUT2D eigenvalue weighted by molar-refractivity contribution is 8.01. The second kappa shape index (κ2) is 9.64. The van der Waals surface area contributed by atoms with E-state index in [2.05, 4.69) is 10.3 Å². The highest BCUT2D eigenvalue weighted by atomic mass is 32.2. The number of halogens is 1. The summed E-state index contributed by atoms with van der Waals surface area (Å²) in [5.74, 6) is -0.0163. The quantitative estimate of drug-likeness (QED) is 0.564. The van der Waals surface area contributed by atoms with Gasteiger partial charge < -0.3 is 10.1 Å². The van der Waals surface area contributed by atoms with Gasteiger partial charge in [-0.25, -0.2) is 9.37 Å². The maximum Gasteiger partial charge on any atom is 0.230 e. The number of thioether (sulfide) groups is 1. The number of hydrogen-bond donors (Lipinski definition) is 1. The minimum Gasteiger partial charge on any atom is -0.380 e. The summed E-state index contributed by atoms with van der Waals surface area (Å²) < 4.78 is 18.9. The maximum atomic E-state index is 13.0. The number of thiazole rings is 1. The number of nitrogens with one attached hydrogen (secondary N) is 1. The summed E-state index contributed by atoms with van der Waals surface area (Å²) in [6.45, 7) is 1.04. The zero-order chi connectivity index (χ0) is 19.1. The molecule has 0 spiro atoms. The summed E-state index contributed by atoms with van der Waals surface area (Å²) in [4.78, 5) is 16.6. The first-order valence-corrected chi connectivity index (χ1v) is 10.2. The molecule has 1 heterocycles. The molecule has 0 aliphatic heterocycles. The normalized spacial score (nSPS) is 10.7. The Balaban J connectivity index is 1.48. The molecule has 0 bridgehead atoms. The largest absolute Gasteiger partial charge is 0.380 e. The average Bonchev–Trinajstić information content (AvgIpc) is 3.15. The molecule has 0 aliphatic carbocycles. The fourth-order valence-electron chi connectivity index (χ4n) is 2.45. The van der Waals surface area contributed by atoms with Crippen LogP contribution in [-0.4, -0.2) is 23.8 Å². The van der Waals surface area contributed by atoms with Gasteiger partial charge in [0.15, 0.2) is 4.34 Å². The monoisotopic (exact) mass is 402 g/mol. The van der Waals surface area contributed by atoms with E-state index < -0.39 is 0 Å². The summed E-state index contributed by atoms with van der Waals surface area (Å²) in [5, 5.41) is 4.83. The van der Waals surface area contributed by atoms with Crippen molar-refractivity contribution in [1.82, 2.24) is 10.3 Å². The fraction of sp³-hybridized carbons (Fsp3) is 0.200. The Morgan fingerprint density at radius 3 is 2.78 bits per heavy atom. The van der Waals surface area contributed by atoms with Gasteiger partial charge in [-0.05, 0) is 35.4 Å². The van der Waals surface area contributed by atoms with E-state index in [4.69, 9.17) is 4.74 Å². The number of carbonyl (C=O) groups is 1. The van der Waals surface area contributed by atoms with Crippen molar-refractivity contribution >= 4 is 29.0 Å². The molecule has 2 aromatic carbocycles. The number of amides is 1. The Hall–Kier alpha value is -2.22. The number of benzene rings is 2. The van der Waals surface area contributed by atoms with Crippen LogP contribution in [0.3, 0.4) is 0 Å². The number of hydrogen-bond acceptors (Lipinski definition) is 5. The van der Waals surface area contributed by atoms with E-state index in [9.17, 15) is 9.18 Å². The molecular formula is C20H19FN2O2S2. The van der Waals surface area contributed by atoms with Gasteiger partial charge in [0.1, 0.15) is 5.82 Å². The Bertz CT molecular complexity index is 897. The van der Waals surface area contributed by atoms with Crippen LogP contribution in [0.1, 0.15) is 11.1 Å². The highest BCUT2D eigenvalue weighted by Gasteiger charge is 2.08. The summed E-state index contributed by atoms with van der Waals surface area (Å²) >= 11 is 2.87. The number of nitrogens with zero attached hydrogens (tertiary/aromatic N) is 1. The van der Waals surface area contributed by atoms with Crippen LogP contribution in [0.2, 0.25) is 0 Å². The number of rotatable bonds is 8. The van der Waals surface area contributed by atoms with Crippen molar-refractivity contribution in [3.63, 3.8) is 0 Å². The van der Waals surface area contributed by atoms with E-state index in [1.54, 1.807) is 19.2 Å². The van der Waals surface area contributed by atoms with Gasteiger partial charge in [-0.2, -0.15) is 0 Å². The van der Waals surface area contributed by atoms with Crippen molar-refractivity contribution in [2.24, 2.45) is 0 Å². The molecule has 3 aromatic rings. The average molecular weight is 403 g/mol. The minimum absolute atomic E-state index is 0.0457. The Morgan fingerprint density at radius 1 is 1.22 bits per heavy atom. The van der Waals surface area contributed by atoms with Crippen molar-refractivity contribution in [1.29, 1.82) is 0 Å². The zero-order valence-corrected chi connectivity index (χ0v) is 16.4. The summed E-state index contributed by atoms with van der Waals surface area (Å²) in [5.41, 5.74) is 3.77. The SMILES string of the molecule is COCc1cccc(CNC(=O)CSc2nc(-c3ccc(F)cc3)cs2)c1. The lowest BCUT2D eigenvalue weighted by Gasteiger charge is -2.06. The van der Waals surface area contributed by atoms with Gasteiger partial charge in [0.05, 0.1) is 18.1 Å². The Morgan fingerprint density at radius 2 is 2.00 bits per heavy atom. The second-order valence-corrected chi connectivity index (χ2v) is 7.90. The zero-order valence-electron chi connectivity index (χ0n) is 14.8. The van der Waals surface area contributed by atoms with Crippen LogP contribution < -0.4 is 5.32 Å². The van der Waals surface area contributed by atoms with Gasteiger partial charge in [-0.15, -0.1) is 11.3 Å². The number of methoxy groups -OCH3 is 1. The van der Waals surface area contributed by atoms with Gasteiger partial charge in [0.2, 0.25) is 5.91 Å². The standard InChI is InChI=1S/C20H19FN2O2S2/c1-25-11-15-4-2-3-14(9-15)10-22-19(24)13-27-20-23-18(12-26-20)16-5-7-17(21)8-6-16/h2-9,12H,10-11,13H2,1H3,(H,22,24). The van der Waals surface area contributed by atoms with Gasteiger partial charge in [0.25, 0.3) is 0 Å². The number of aromatic nitrogens is 1. The lowest BCUT2D eigenvalue weighted by Crippen LogP contribution is -2.24. The van der Waals surface area contributed by atoms with Gasteiger partial charge in [0, 0.05) is 24.6 Å². The van der Waals surface area contributed by atoms with E-state index in [1.165, 1.54) is 35.2 Å². The van der Waals surface area contributed by atoms with E-state index >= 15 is 0 Å². The van der Waals surface area contributed by atoms with Crippen LogP contribution in [0.25, 0.3) is 11.3 Å². The van der Waals surface area contributed by atoms with Crippen LogP contribution in [-0.2, 0) is 22.7 Å². The smallest absolute Gasteiger partial charge is 0.230 e. The van der Waals surface area contributed by atoms with Crippen molar-refractivity contribution in [2.75, 3.05) is 12.9 Å². The fourth-order valence-corrected chi connectivity index (χ4v) is 4.12. The van der Waals surface area contributed by atoms with E-state index in [-0.39, 0.29) is 11.7 Å². The molecule has 0 saturated carbocycles. The van der Waals surface area contributed by atoms with Crippen molar-refractivity contribution in [3.05, 3.63) is 70.9 Å². The third-order valence-corrected chi connectivity index (χ3v) is 5.76. The van der Waals surface area contributed by atoms with Crippen LogP contribution in [0.4, 0.5) is 4.39 Å². The van der Waals surface area contributed by atoms with Crippen molar-refractivity contribution < 1.29 is 13.9 Å². The Kier molecular flexibility index (Phi) is 6.98. The molecule has 0 radical (unpaired) electrons. The molecule has 27 heavy (non-hydrogen) atoms. The third-order valence-electron chi connectivity index (χ3n) is 3.74. The van der Waals surface area contributed by atoms with Crippen LogP contribution in [0.15, 0.2) is 58.3 Å². The van der Waals surface area contributed by atoms with E-state index in [0.29, 0.717) is 18.9 Å². The number of ether oxygens (including phenoxy) is 1. The molecule has 0 atom stereocenters. The van der Waals surface area contributed by atoms with Crippen LogP contribution in [0.5, 0.6) is 0 Å². The molecule has 0 saturated heterocycles. The molecule has 3 rings (SSSR count). The van der Waals surface area contributed by atoms with Crippen molar-refractivity contribution in [2.45, 2.75) is 17.5 Å². The lowest BCUT2D eigenvalue weighted by atomic mass is 10.1. The topological polar surface area (TPSA) is 51.2 Å². The molecule has 140 valence electrons.